The smallest absolute Gasteiger partial charge is 0.255 e. The Kier molecular flexibility index (Phi) is 4.69. The summed E-state index contributed by atoms with van der Waals surface area (Å²) in [6.07, 6.45) is 1.21. The van der Waals surface area contributed by atoms with Crippen LogP contribution in [0, 0.1) is 0 Å². The Morgan fingerprint density at radius 1 is 1.19 bits per heavy atom. The van der Waals surface area contributed by atoms with Gasteiger partial charge in [-0.2, -0.15) is 0 Å². The average molecular weight is 328 g/mol. The van der Waals surface area contributed by atoms with Crippen LogP contribution < -0.4 is 5.32 Å². The second-order valence-electron chi connectivity index (χ2n) is 5.60. The first-order chi connectivity index (χ1) is 10.1. The maximum atomic E-state index is 12.5. The monoisotopic (exact) mass is 327 g/mol. The van der Waals surface area contributed by atoms with Gasteiger partial charge in [-0.25, -0.2) is 0 Å². The summed E-state index contributed by atoms with van der Waals surface area (Å²) in [7, 11) is 0. The second-order valence-corrected chi connectivity index (χ2v) is 6.44. The number of benzene rings is 1. The van der Waals surface area contributed by atoms with Crippen LogP contribution in [0.4, 0.5) is 0 Å². The molecule has 2 fully saturated rings. The van der Waals surface area contributed by atoms with Crippen LogP contribution >= 0.6 is 23.2 Å². The molecule has 6 heteroatoms. The molecule has 2 saturated heterocycles. The average Bonchev–Trinajstić information content (AvgIpc) is 3.01. The predicted molar refractivity (Wildman–Crippen MR) is 85.2 cm³/mol. The first-order valence-electron chi connectivity index (χ1n) is 7.34. The van der Waals surface area contributed by atoms with Gasteiger partial charge in [-0.1, -0.05) is 23.2 Å². The minimum atomic E-state index is 0.000800. The molecule has 0 bridgehead atoms. The molecule has 114 valence electrons. The van der Waals surface area contributed by atoms with Gasteiger partial charge in [0.15, 0.2) is 0 Å². The van der Waals surface area contributed by atoms with Crippen LogP contribution in [0.1, 0.15) is 16.8 Å². The van der Waals surface area contributed by atoms with E-state index in [1.165, 1.54) is 6.42 Å². The van der Waals surface area contributed by atoms with E-state index in [4.69, 9.17) is 23.2 Å². The van der Waals surface area contributed by atoms with E-state index in [2.05, 4.69) is 10.2 Å². The summed E-state index contributed by atoms with van der Waals surface area (Å²) < 4.78 is 0. The third-order valence-electron chi connectivity index (χ3n) is 4.31. The molecule has 0 radical (unpaired) electrons. The molecule has 4 nitrogen and oxygen atoms in total. The van der Waals surface area contributed by atoms with Crippen LogP contribution in [0.3, 0.4) is 0 Å². The lowest BCUT2D eigenvalue weighted by atomic mass is 10.1. The molecule has 1 aromatic rings. The SMILES string of the molecule is O=C(c1ccc(Cl)cc1Cl)N1CCN(C2CCNC2)CC1. The van der Waals surface area contributed by atoms with Crippen molar-refractivity contribution in [3.05, 3.63) is 33.8 Å². The number of nitrogens with one attached hydrogen (secondary N) is 1. The Morgan fingerprint density at radius 3 is 2.57 bits per heavy atom. The summed E-state index contributed by atoms with van der Waals surface area (Å²) in [5.41, 5.74) is 0.539. The fourth-order valence-electron chi connectivity index (χ4n) is 3.07. The Hall–Kier alpha value is -0.810. The molecule has 0 saturated carbocycles. The number of halogens is 2. The van der Waals surface area contributed by atoms with E-state index in [-0.39, 0.29) is 5.91 Å². The molecule has 1 N–H and O–H groups in total. The topological polar surface area (TPSA) is 35.6 Å². The highest BCUT2D eigenvalue weighted by molar-refractivity contribution is 6.36. The molecule has 2 aliphatic rings. The molecule has 21 heavy (non-hydrogen) atoms. The van der Waals surface area contributed by atoms with Crippen LogP contribution in [0.2, 0.25) is 10.0 Å². The Balaban J connectivity index is 1.62. The summed E-state index contributed by atoms with van der Waals surface area (Å²) in [6.45, 7) is 5.55. The number of piperazine rings is 1. The largest absolute Gasteiger partial charge is 0.336 e. The fourth-order valence-corrected chi connectivity index (χ4v) is 3.56. The van der Waals surface area contributed by atoms with Gasteiger partial charge in [-0.3, -0.25) is 9.69 Å². The van der Waals surface area contributed by atoms with E-state index in [1.807, 2.05) is 4.90 Å². The molecule has 2 heterocycles. The highest BCUT2D eigenvalue weighted by Crippen LogP contribution is 2.23. The third kappa shape index (κ3) is 3.34. The van der Waals surface area contributed by atoms with E-state index >= 15 is 0 Å². The highest BCUT2D eigenvalue weighted by Gasteiger charge is 2.28. The molecule has 2 aliphatic heterocycles. The summed E-state index contributed by atoms with van der Waals surface area (Å²) in [4.78, 5) is 16.9. The highest BCUT2D eigenvalue weighted by atomic mass is 35.5. The molecule has 1 atom stereocenters. The zero-order valence-electron chi connectivity index (χ0n) is 11.8. The Labute approximate surface area is 135 Å². The zero-order chi connectivity index (χ0) is 14.8. The third-order valence-corrected chi connectivity index (χ3v) is 4.86. The van der Waals surface area contributed by atoms with Crippen LogP contribution in [0.15, 0.2) is 18.2 Å². The van der Waals surface area contributed by atoms with Crippen molar-refractivity contribution < 1.29 is 4.79 Å². The van der Waals surface area contributed by atoms with Crippen molar-refractivity contribution in [3.8, 4) is 0 Å². The lowest BCUT2D eigenvalue weighted by molar-refractivity contribution is 0.0584. The van der Waals surface area contributed by atoms with E-state index in [0.29, 0.717) is 21.7 Å². The first-order valence-corrected chi connectivity index (χ1v) is 8.10. The van der Waals surface area contributed by atoms with Crippen LogP contribution in [-0.2, 0) is 0 Å². The van der Waals surface area contributed by atoms with Crippen LogP contribution in [0.5, 0.6) is 0 Å². The maximum absolute atomic E-state index is 12.5. The Bertz CT molecular complexity index is 524. The molecular weight excluding hydrogens is 309 g/mol. The van der Waals surface area contributed by atoms with Gasteiger partial charge in [0.2, 0.25) is 0 Å². The number of carbonyl (C=O) groups is 1. The molecule has 1 amide bonds. The number of carbonyl (C=O) groups excluding carboxylic acids is 1. The van der Waals surface area contributed by atoms with Gasteiger partial charge in [0.05, 0.1) is 10.6 Å². The van der Waals surface area contributed by atoms with Gasteiger partial charge in [-0.15, -0.1) is 0 Å². The quantitative estimate of drug-likeness (QED) is 0.903. The van der Waals surface area contributed by atoms with Gasteiger partial charge < -0.3 is 10.2 Å². The van der Waals surface area contributed by atoms with Crippen molar-refractivity contribution in [2.75, 3.05) is 39.3 Å². The molecular formula is C15H19Cl2N3O. The van der Waals surface area contributed by atoms with E-state index < -0.39 is 0 Å². The normalized spacial score (nSPS) is 23.5. The summed E-state index contributed by atoms with van der Waals surface area (Å²) in [5, 5.41) is 4.37. The molecule has 0 aromatic heterocycles. The van der Waals surface area contributed by atoms with Gasteiger partial charge in [0.1, 0.15) is 0 Å². The van der Waals surface area contributed by atoms with Crippen molar-refractivity contribution in [1.29, 1.82) is 0 Å². The van der Waals surface area contributed by atoms with Crippen molar-refractivity contribution in [1.82, 2.24) is 15.1 Å². The van der Waals surface area contributed by atoms with Crippen LogP contribution in [0.25, 0.3) is 0 Å². The number of nitrogens with zero attached hydrogens (tertiary/aromatic N) is 2. The standard InChI is InChI=1S/C15H19Cl2N3O/c16-11-1-2-13(14(17)9-11)15(21)20-7-5-19(6-8-20)12-3-4-18-10-12/h1-2,9,12,18H,3-8,10H2. The second kappa shape index (κ2) is 6.53. The van der Waals surface area contributed by atoms with Gasteiger partial charge >= 0.3 is 0 Å². The maximum Gasteiger partial charge on any atom is 0.255 e. The van der Waals surface area contributed by atoms with Gasteiger partial charge in [-0.05, 0) is 31.2 Å². The van der Waals surface area contributed by atoms with Crippen molar-refractivity contribution in [2.24, 2.45) is 0 Å². The van der Waals surface area contributed by atoms with E-state index in [9.17, 15) is 4.79 Å². The first kappa shape index (κ1) is 15.1. The van der Waals surface area contributed by atoms with Gasteiger partial charge in [0, 0.05) is 43.8 Å². The van der Waals surface area contributed by atoms with Crippen molar-refractivity contribution in [2.45, 2.75) is 12.5 Å². The molecule has 1 unspecified atom stereocenters. The lowest BCUT2D eigenvalue weighted by Gasteiger charge is -2.37. The van der Waals surface area contributed by atoms with E-state index in [0.717, 1.165) is 39.3 Å². The van der Waals surface area contributed by atoms with Gasteiger partial charge in [0.25, 0.3) is 5.91 Å². The number of hydrogen-bond acceptors (Lipinski definition) is 3. The number of hydrogen-bond donors (Lipinski definition) is 1. The summed E-state index contributed by atoms with van der Waals surface area (Å²) in [6, 6.07) is 5.67. The van der Waals surface area contributed by atoms with Crippen molar-refractivity contribution >= 4 is 29.1 Å². The molecule has 0 aliphatic carbocycles. The Morgan fingerprint density at radius 2 is 1.95 bits per heavy atom. The van der Waals surface area contributed by atoms with Crippen LogP contribution in [-0.4, -0.2) is 61.0 Å². The lowest BCUT2D eigenvalue weighted by Crippen LogP contribution is -2.52. The zero-order valence-corrected chi connectivity index (χ0v) is 13.3. The minimum absolute atomic E-state index is 0.000800. The fraction of sp³-hybridized carbons (Fsp3) is 0.533. The number of rotatable bonds is 2. The summed E-state index contributed by atoms with van der Waals surface area (Å²) >= 11 is 12.0. The minimum Gasteiger partial charge on any atom is -0.336 e. The van der Waals surface area contributed by atoms with Crippen molar-refractivity contribution in [3.63, 3.8) is 0 Å². The molecule has 0 spiro atoms. The summed E-state index contributed by atoms with van der Waals surface area (Å²) in [5.74, 6) is 0.000800. The van der Waals surface area contributed by atoms with E-state index in [1.54, 1.807) is 18.2 Å². The predicted octanol–water partition coefficient (Wildman–Crippen LogP) is 2.11. The molecule has 3 rings (SSSR count). The molecule has 1 aromatic carbocycles. The number of amides is 1.